The zero-order valence-corrected chi connectivity index (χ0v) is 15.0. The van der Waals surface area contributed by atoms with E-state index in [1.807, 2.05) is 30.3 Å². The van der Waals surface area contributed by atoms with E-state index in [9.17, 15) is 4.79 Å². The summed E-state index contributed by atoms with van der Waals surface area (Å²) in [5.41, 5.74) is 9.89. The molecule has 1 aromatic heterocycles. The summed E-state index contributed by atoms with van der Waals surface area (Å²) in [5.74, 6) is 0.00142. The monoisotopic (exact) mass is 361 g/mol. The van der Waals surface area contributed by atoms with Crippen LogP contribution in [-0.4, -0.2) is 10.9 Å². The number of aromatic nitrogens is 1. The van der Waals surface area contributed by atoms with Gasteiger partial charge in [-0.25, -0.2) is 0 Å². The molecule has 4 nitrogen and oxygen atoms in total. The molecule has 132 valence electrons. The maximum atomic E-state index is 12.8. The third-order valence-corrected chi connectivity index (χ3v) is 5.94. The molecule has 4 heteroatoms. The third-order valence-electron chi connectivity index (χ3n) is 5.94. The highest BCUT2D eigenvalue weighted by molar-refractivity contribution is 6.22. The van der Waals surface area contributed by atoms with Crippen molar-refractivity contribution in [3.05, 3.63) is 76.4 Å². The Morgan fingerprint density at radius 2 is 1.96 bits per heavy atom. The van der Waals surface area contributed by atoms with Gasteiger partial charge in [-0.2, -0.15) is 5.26 Å². The van der Waals surface area contributed by atoms with Gasteiger partial charge in [-0.3, -0.25) is 4.79 Å². The third kappa shape index (κ3) is 1.85. The fourth-order valence-corrected chi connectivity index (χ4v) is 4.81. The van der Waals surface area contributed by atoms with Crippen molar-refractivity contribution in [2.75, 3.05) is 0 Å². The number of nitriles is 1. The van der Waals surface area contributed by atoms with Crippen LogP contribution in [0.1, 0.15) is 32.6 Å². The smallest absolute Gasteiger partial charge is 0.252 e. The van der Waals surface area contributed by atoms with Crippen LogP contribution in [0.5, 0.6) is 0 Å². The minimum Gasteiger partial charge on any atom is -0.354 e. The van der Waals surface area contributed by atoms with Gasteiger partial charge in [0.2, 0.25) is 0 Å². The van der Waals surface area contributed by atoms with Crippen LogP contribution in [0.2, 0.25) is 0 Å². The number of allylic oxidation sites excluding steroid dienone is 1. The Bertz CT molecular complexity index is 1420. The summed E-state index contributed by atoms with van der Waals surface area (Å²) in [6, 6.07) is 16.5. The van der Waals surface area contributed by atoms with Crippen molar-refractivity contribution in [3.63, 3.8) is 0 Å². The summed E-state index contributed by atoms with van der Waals surface area (Å²) in [4.78, 5) is 16.3. The van der Waals surface area contributed by atoms with Crippen molar-refractivity contribution in [1.82, 2.24) is 10.3 Å². The molecule has 1 amide bonds. The van der Waals surface area contributed by atoms with Gasteiger partial charge >= 0.3 is 0 Å². The lowest BCUT2D eigenvalue weighted by Gasteiger charge is -2.10. The van der Waals surface area contributed by atoms with Crippen molar-refractivity contribution < 1.29 is 4.79 Å². The van der Waals surface area contributed by atoms with Gasteiger partial charge in [0.25, 0.3) is 5.91 Å². The predicted molar refractivity (Wildman–Crippen MR) is 110 cm³/mol. The molecule has 0 saturated heterocycles. The van der Waals surface area contributed by atoms with E-state index in [1.54, 1.807) is 0 Å². The molecule has 0 atom stereocenters. The highest BCUT2D eigenvalue weighted by Crippen LogP contribution is 2.47. The zero-order valence-electron chi connectivity index (χ0n) is 15.0. The summed E-state index contributed by atoms with van der Waals surface area (Å²) in [5, 5.41) is 14.0. The molecule has 1 aliphatic carbocycles. The Morgan fingerprint density at radius 3 is 2.86 bits per heavy atom. The predicted octanol–water partition coefficient (Wildman–Crippen LogP) is 4.67. The molecule has 2 aliphatic rings. The number of amides is 1. The average Bonchev–Trinajstić information content (AvgIpc) is 3.38. The van der Waals surface area contributed by atoms with Crippen molar-refractivity contribution in [1.29, 1.82) is 5.26 Å². The summed E-state index contributed by atoms with van der Waals surface area (Å²) in [6.07, 6.45) is 4.16. The molecule has 2 N–H and O–H groups in total. The Morgan fingerprint density at radius 1 is 1.07 bits per heavy atom. The maximum Gasteiger partial charge on any atom is 0.252 e. The number of hydrogen-bond acceptors (Lipinski definition) is 2. The van der Waals surface area contributed by atoms with Crippen molar-refractivity contribution in [2.24, 2.45) is 0 Å². The van der Waals surface area contributed by atoms with Crippen LogP contribution >= 0.6 is 0 Å². The number of aromatic amines is 1. The van der Waals surface area contributed by atoms with Crippen LogP contribution in [0.15, 0.2) is 48.5 Å². The molecular weight excluding hydrogens is 346 g/mol. The number of hydrogen-bond donors (Lipinski definition) is 2. The number of rotatable bonds is 1. The molecule has 28 heavy (non-hydrogen) atoms. The van der Waals surface area contributed by atoms with Crippen LogP contribution in [-0.2, 0) is 13.0 Å². The molecule has 4 aromatic rings. The normalized spacial score (nSPS) is 14.3. The highest BCUT2D eigenvalue weighted by Gasteiger charge is 2.33. The summed E-state index contributed by atoms with van der Waals surface area (Å²) < 4.78 is 0. The lowest BCUT2D eigenvalue weighted by Crippen LogP contribution is -2.12. The lowest BCUT2D eigenvalue weighted by molar-refractivity contribution is 0.0967. The fourth-order valence-electron chi connectivity index (χ4n) is 4.81. The van der Waals surface area contributed by atoms with Crippen LogP contribution < -0.4 is 5.32 Å². The minimum absolute atomic E-state index is 0.00142. The fraction of sp³-hybridized carbons (Fsp3) is 0.0833. The SMILES string of the molecule is N#CC=Cc1ccc2c(c1)-c1c3c(c4c([nH]c5ccccc54)c1C2)C(=O)NC3. The minimum atomic E-state index is 0.00142. The van der Waals surface area contributed by atoms with Gasteiger partial charge in [-0.1, -0.05) is 30.3 Å². The van der Waals surface area contributed by atoms with Crippen molar-refractivity contribution in [2.45, 2.75) is 13.0 Å². The molecule has 0 radical (unpaired) electrons. The van der Waals surface area contributed by atoms with Crippen molar-refractivity contribution >= 4 is 33.8 Å². The lowest BCUT2D eigenvalue weighted by atomic mass is 9.92. The van der Waals surface area contributed by atoms with Crippen LogP contribution in [0.3, 0.4) is 0 Å². The van der Waals surface area contributed by atoms with Crippen LogP contribution in [0, 0.1) is 11.3 Å². The Kier molecular flexibility index (Phi) is 2.91. The molecular formula is C24H15N3O. The molecule has 1 aliphatic heterocycles. The number of nitrogens with zero attached hydrogens (tertiary/aromatic N) is 1. The Labute approximate surface area is 161 Å². The van der Waals surface area contributed by atoms with Gasteiger partial charge in [0.05, 0.1) is 17.1 Å². The van der Waals surface area contributed by atoms with E-state index >= 15 is 0 Å². The molecule has 0 bridgehead atoms. The van der Waals surface area contributed by atoms with Gasteiger partial charge in [0.1, 0.15) is 0 Å². The molecule has 0 fully saturated rings. The van der Waals surface area contributed by atoms with E-state index in [4.69, 9.17) is 5.26 Å². The molecule has 6 rings (SSSR count). The van der Waals surface area contributed by atoms with E-state index in [-0.39, 0.29) is 5.91 Å². The number of H-pyrrole nitrogens is 1. The average molecular weight is 361 g/mol. The number of nitrogens with one attached hydrogen (secondary N) is 2. The van der Waals surface area contributed by atoms with E-state index in [0.29, 0.717) is 6.54 Å². The second kappa shape index (κ2) is 5.34. The maximum absolute atomic E-state index is 12.8. The number of para-hydroxylation sites is 1. The van der Waals surface area contributed by atoms with Gasteiger partial charge in [0, 0.05) is 35.3 Å². The summed E-state index contributed by atoms with van der Waals surface area (Å²) in [7, 11) is 0. The van der Waals surface area contributed by atoms with Gasteiger partial charge in [-0.05, 0) is 51.6 Å². The summed E-state index contributed by atoms with van der Waals surface area (Å²) in [6.45, 7) is 0.559. The first kappa shape index (κ1) is 15.2. The van der Waals surface area contributed by atoms with E-state index in [0.717, 1.165) is 44.9 Å². The van der Waals surface area contributed by atoms with Gasteiger partial charge < -0.3 is 10.3 Å². The van der Waals surface area contributed by atoms with Crippen LogP contribution in [0.4, 0.5) is 0 Å². The summed E-state index contributed by atoms with van der Waals surface area (Å²) >= 11 is 0. The van der Waals surface area contributed by atoms with E-state index in [1.165, 1.54) is 28.3 Å². The standard InChI is InChI=1S/C24H15N3O/c25-9-3-4-13-7-8-14-11-17-20(16(14)10-13)18-12-26-24(28)22(18)21-15-5-1-2-6-19(15)27-23(17)21/h1-8,10,27H,11-12H2,(H,26,28). The topological polar surface area (TPSA) is 68.7 Å². The first-order valence-electron chi connectivity index (χ1n) is 9.32. The van der Waals surface area contributed by atoms with Crippen molar-refractivity contribution in [3.8, 4) is 17.2 Å². The molecule has 3 aromatic carbocycles. The quantitative estimate of drug-likeness (QED) is 0.426. The Balaban J connectivity index is 1.74. The number of carbonyl (C=O) groups excluding carboxylic acids is 1. The number of carbonyl (C=O) groups is 1. The van der Waals surface area contributed by atoms with Gasteiger partial charge in [-0.15, -0.1) is 0 Å². The second-order valence-electron chi connectivity index (χ2n) is 7.37. The zero-order chi connectivity index (χ0) is 18.8. The molecule has 0 unspecified atom stereocenters. The van der Waals surface area contributed by atoms with E-state index < -0.39 is 0 Å². The van der Waals surface area contributed by atoms with Crippen LogP contribution in [0.25, 0.3) is 39.0 Å². The van der Waals surface area contributed by atoms with E-state index in [2.05, 4.69) is 34.6 Å². The second-order valence-corrected chi connectivity index (χ2v) is 7.37. The molecule has 0 saturated carbocycles. The number of fused-ring (bicyclic) bond motifs is 10. The Hall–Kier alpha value is -3.84. The highest BCUT2D eigenvalue weighted by atomic mass is 16.1. The first-order valence-corrected chi connectivity index (χ1v) is 9.32. The molecule has 0 spiro atoms. The molecule has 2 heterocycles. The number of benzene rings is 3. The largest absolute Gasteiger partial charge is 0.354 e. The first-order chi connectivity index (χ1) is 13.8. The van der Waals surface area contributed by atoms with Gasteiger partial charge in [0.15, 0.2) is 0 Å².